The Morgan fingerprint density at radius 1 is 1.24 bits per heavy atom. The molecule has 2 N–H and O–H groups in total. The average Bonchev–Trinajstić information content (AvgIpc) is 2.31. The second kappa shape index (κ2) is 6.20. The van der Waals surface area contributed by atoms with Crippen LogP contribution in [0.25, 0.3) is 0 Å². The van der Waals surface area contributed by atoms with Crippen LogP contribution < -0.4 is 5.73 Å². The summed E-state index contributed by atoms with van der Waals surface area (Å²) in [7, 11) is 0. The lowest BCUT2D eigenvalue weighted by Crippen LogP contribution is -2.20. The Bertz CT molecular complexity index is 324. The van der Waals surface area contributed by atoms with E-state index in [1.807, 2.05) is 0 Å². The zero-order valence-corrected chi connectivity index (χ0v) is 11.0. The van der Waals surface area contributed by atoms with Gasteiger partial charge in [0.25, 0.3) is 0 Å². The minimum atomic E-state index is 0.250. The van der Waals surface area contributed by atoms with Crippen molar-refractivity contribution in [1.29, 1.82) is 0 Å². The summed E-state index contributed by atoms with van der Waals surface area (Å²) < 4.78 is 0. The SMILES string of the molecule is CCCCc1ccc(C(N)CC2CCC2)cc1. The molecule has 1 fully saturated rings. The van der Waals surface area contributed by atoms with Crippen molar-refractivity contribution in [3.8, 4) is 0 Å². The van der Waals surface area contributed by atoms with Crippen LogP contribution in [0.15, 0.2) is 24.3 Å². The summed E-state index contributed by atoms with van der Waals surface area (Å²) in [4.78, 5) is 0. The van der Waals surface area contributed by atoms with E-state index in [1.54, 1.807) is 0 Å². The van der Waals surface area contributed by atoms with Crippen molar-refractivity contribution in [3.05, 3.63) is 35.4 Å². The van der Waals surface area contributed by atoms with Crippen LogP contribution in [-0.4, -0.2) is 0 Å². The quantitative estimate of drug-likeness (QED) is 0.779. The van der Waals surface area contributed by atoms with E-state index in [1.165, 1.54) is 56.1 Å². The zero-order chi connectivity index (χ0) is 12.1. The molecule has 1 unspecified atom stereocenters. The van der Waals surface area contributed by atoms with Crippen molar-refractivity contribution >= 4 is 0 Å². The smallest absolute Gasteiger partial charge is 0.0297 e. The molecule has 1 aliphatic carbocycles. The molecule has 17 heavy (non-hydrogen) atoms. The van der Waals surface area contributed by atoms with Gasteiger partial charge in [-0.05, 0) is 36.3 Å². The van der Waals surface area contributed by atoms with Crippen LogP contribution in [0.2, 0.25) is 0 Å². The largest absolute Gasteiger partial charge is 0.324 e. The fraction of sp³-hybridized carbons (Fsp3) is 0.625. The van der Waals surface area contributed by atoms with Crippen molar-refractivity contribution in [2.24, 2.45) is 11.7 Å². The minimum Gasteiger partial charge on any atom is -0.324 e. The maximum absolute atomic E-state index is 6.26. The van der Waals surface area contributed by atoms with Crippen molar-refractivity contribution < 1.29 is 0 Å². The van der Waals surface area contributed by atoms with Crippen LogP contribution in [-0.2, 0) is 6.42 Å². The first-order valence-corrected chi connectivity index (χ1v) is 7.14. The Morgan fingerprint density at radius 2 is 1.94 bits per heavy atom. The second-order valence-electron chi connectivity index (χ2n) is 5.48. The third-order valence-electron chi connectivity index (χ3n) is 4.04. The van der Waals surface area contributed by atoms with E-state index in [4.69, 9.17) is 5.73 Å². The molecular weight excluding hydrogens is 206 g/mol. The molecule has 1 aromatic carbocycles. The zero-order valence-electron chi connectivity index (χ0n) is 11.0. The van der Waals surface area contributed by atoms with Gasteiger partial charge in [0, 0.05) is 6.04 Å². The van der Waals surface area contributed by atoms with Gasteiger partial charge in [-0.1, -0.05) is 56.9 Å². The Labute approximate surface area is 105 Å². The third-order valence-corrected chi connectivity index (χ3v) is 4.04. The molecular formula is C16H25N. The molecule has 1 saturated carbocycles. The lowest BCUT2D eigenvalue weighted by atomic mass is 9.80. The molecule has 1 nitrogen and oxygen atoms in total. The predicted octanol–water partition coefficient (Wildman–Crippen LogP) is 4.22. The number of benzene rings is 1. The molecule has 1 aliphatic rings. The van der Waals surface area contributed by atoms with Crippen molar-refractivity contribution in [1.82, 2.24) is 0 Å². The maximum Gasteiger partial charge on any atom is 0.0297 e. The van der Waals surface area contributed by atoms with E-state index < -0.39 is 0 Å². The van der Waals surface area contributed by atoms with Crippen molar-refractivity contribution in [2.45, 2.75) is 57.9 Å². The Kier molecular flexibility index (Phi) is 4.61. The normalized spacial score (nSPS) is 17.8. The predicted molar refractivity (Wildman–Crippen MR) is 73.9 cm³/mol. The summed E-state index contributed by atoms with van der Waals surface area (Å²) in [5, 5.41) is 0. The summed E-state index contributed by atoms with van der Waals surface area (Å²) >= 11 is 0. The van der Waals surface area contributed by atoms with Crippen LogP contribution in [0.3, 0.4) is 0 Å². The molecule has 2 rings (SSSR count). The van der Waals surface area contributed by atoms with Gasteiger partial charge in [0.1, 0.15) is 0 Å². The average molecular weight is 231 g/mol. The van der Waals surface area contributed by atoms with Gasteiger partial charge in [0.15, 0.2) is 0 Å². The summed E-state index contributed by atoms with van der Waals surface area (Å²) in [6.45, 7) is 2.24. The highest BCUT2D eigenvalue weighted by Crippen LogP contribution is 2.33. The number of hydrogen-bond donors (Lipinski definition) is 1. The topological polar surface area (TPSA) is 26.0 Å². The molecule has 0 heterocycles. The van der Waals surface area contributed by atoms with Crippen LogP contribution >= 0.6 is 0 Å². The molecule has 0 aliphatic heterocycles. The van der Waals surface area contributed by atoms with E-state index >= 15 is 0 Å². The molecule has 0 bridgehead atoms. The molecule has 1 aromatic rings. The van der Waals surface area contributed by atoms with Gasteiger partial charge in [-0.3, -0.25) is 0 Å². The van der Waals surface area contributed by atoms with E-state index in [9.17, 15) is 0 Å². The first-order valence-electron chi connectivity index (χ1n) is 7.14. The summed E-state index contributed by atoms with van der Waals surface area (Å²) in [5.74, 6) is 0.893. The summed E-state index contributed by atoms with van der Waals surface area (Å²) in [6.07, 6.45) is 9.12. The minimum absolute atomic E-state index is 0.250. The Morgan fingerprint density at radius 3 is 2.47 bits per heavy atom. The first-order chi connectivity index (χ1) is 8.29. The number of unbranched alkanes of at least 4 members (excludes halogenated alkanes) is 1. The van der Waals surface area contributed by atoms with E-state index in [2.05, 4.69) is 31.2 Å². The van der Waals surface area contributed by atoms with Gasteiger partial charge in [0.05, 0.1) is 0 Å². The Balaban J connectivity index is 1.87. The summed E-state index contributed by atoms with van der Waals surface area (Å²) in [6, 6.07) is 9.22. The van der Waals surface area contributed by atoms with Gasteiger partial charge in [0.2, 0.25) is 0 Å². The highest BCUT2D eigenvalue weighted by Gasteiger charge is 2.20. The second-order valence-corrected chi connectivity index (χ2v) is 5.48. The number of hydrogen-bond acceptors (Lipinski definition) is 1. The van der Waals surface area contributed by atoms with Crippen molar-refractivity contribution in [2.75, 3.05) is 0 Å². The molecule has 0 amide bonds. The standard InChI is InChI=1S/C16H25N/c1-2-3-5-13-8-10-15(11-9-13)16(17)12-14-6-4-7-14/h8-11,14,16H,2-7,12,17H2,1H3. The van der Waals surface area contributed by atoms with Gasteiger partial charge >= 0.3 is 0 Å². The lowest BCUT2D eigenvalue weighted by molar-refractivity contribution is 0.277. The molecule has 0 aromatic heterocycles. The van der Waals surface area contributed by atoms with Gasteiger partial charge in [-0.15, -0.1) is 0 Å². The van der Waals surface area contributed by atoms with Crippen LogP contribution in [0, 0.1) is 5.92 Å². The fourth-order valence-electron chi connectivity index (χ4n) is 2.54. The van der Waals surface area contributed by atoms with Crippen LogP contribution in [0.5, 0.6) is 0 Å². The van der Waals surface area contributed by atoms with E-state index in [-0.39, 0.29) is 6.04 Å². The van der Waals surface area contributed by atoms with E-state index in [0.717, 1.165) is 5.92 Å². The molecule has 1 atom stereocenters. The highest BCUT2D eigenvalue weighted by molar-refractivity contribution is 5.25. The fourth-order valence-corrected chi connectivity index (χ4v) is 2.54. The van der Waals surface area contributed by atoms with Crippen molar-refractivity contribution in [3.63, 3.8) is 0 Å². The lowest BCUT2D eigenvalue weighted by Gasteiger charge is -2.28. The summed E-state index contributed by atoms with van der Waals surface area (Å²) in [5.41, 5.74) is 9.02. The molecule has 0 spiro atoms. The number of aryl methyl sites for hydroxylation is 1. The monoisotopic (exact) mass is 231 g/mol. The molecule has 0 radical (unpaired) electrons. The first kappa shape index (κ1) is 12.6. The molecule has 1 heteroatoms. The van der Waals surface area contributed by atoms with E-state index in [0.29, 0.717) is 0 Å². The van der Waals surface area contributed by atoms with Crippen LogP contribution in [0.1, 0.15) is 62.6 Å². The molecule has 94 valence electrons. The number of nitrogens with two attached hydrogens (primary N) is 1. The Hall–Kier alpha value is -0.820. The number of rotatable bonds is 6. The third kappa shape index (κ3) is 3.57. The maximum atomic E-state index is 6.26. The highest BCUT2D eigenvalue weighted by atomic mass is 14.6. The van der Waals surface area contributed by atoms with Gasteiger partial charge in [-0.25, -0.2) is 0 Å². The van der Waals surface area contributed by atoms with Gasteiger partial charge < -0.3 is 5.73 Å². The van der Waals surface area contributed by atoms with Crippen LogP contribution in [0.4, 0.5) is 0 Å². The van der Waals surface area contributed by atoms with Gasteiger partial charge in [-0.2, -0.15) is 0 Å². The molecule has 0 saturated heterocycles.